The number of carbonyl (C=O) groups excluding carboxylic acids is 1. The molecule has 4 atom stereocenters. The van der Waals surface area contributed by atoms with Gasteiger partial charge in [0, 0.05) is 43.8 Å². The van der Waals surface area contributed by atoms with E-state index in [2.05, 4.69) is 29.3 Å². The van der Waals surface area contributed by atoms with Crippen LogP contribution in [-0.4, -0.2) is 68.0 Å². The molecule has 2 heterocycles. The van der Waals surface area contributed by atoms with Gasteiger partial charge in [0.25, 0.3) is 5.91 Å². The molecule has 7 nitrogen and oxygen atoms in total. The monoisotopic (exact) mass is 471 g/mol. The van der Waals surface area contributed by atoms with Gasteiger partial charge in [0.2, 0.25) is 10.0 Å². The molecule has 0 spiro atoms. The lowest BCUT2D eigenvalue weighted by Crippen LogP contribution is -2.48. The summed E-state index contributed by atoms with van der Waals surface area (Å²) in [5.74, 6) is -0.241. The first-order valence-corrected chi connectivity index (χ1v) is 13.0. The van der Waals surface area contributed by atoms with Crippen LogP contribution in [0.4, 0.5) is 0 Å². The third-order valence-corrected chi connectivity index (χ3v) is 8.33. The summed E-state index contributed by atoms with van der Waals surface area (Å²) >= 11 is 0. The van der Waals surface area contributed by atoms with Gasteiger partial charge >= 0.3 is 0 Å². The molecule has 4 rings (SSSR count). The second kappa shape index (κ2) is 9.93. The molecule has 0 saturated carbocycles. The van der Waals surface area contributed by atoms with Crippen LogP contribution < -0.4 is 5.32 Å². The molecule has 178 valence electrons. The van der Waals surface area contributed by atoms with E-state index >= 15 is 0 Å². The van der Waals surface area contributed by atoms with Gasteiger partial charge < -0.3 is 10.1 Å². The Kier molecular flexibility index (Phi) is 7.19. The molecule has 4 unspecified atom stereocenters. The predicted octanol–water partition coefficient (Wildman–Crippen LogP) is 3.05. The fourth-order valence-corrected chi connectivity index (χ4v) is 6.38. The summed E-state index contributed by atoms with van der Waals surface area (Å²) in [6.07, 6.45) is 0.530. The quantitative estimate of drug-likeness (QED) is 0.701. The maximum atomic E-state index is 13.2. The number of benzene rings is 2. The van der Waals surface area contributed by atoms with Crippen LogP contribution in [0.25, 0.3) is 0 Å². The molecule has 2 saturated heterocycles. The second-order valence-electron chi connectivity index (χ2n) is 9.15. The molecule has 2 aromatic carbocycles. The van der Waals surface area contributed by atoms with Crippen LogP contribution in [0, 0.1) is 0 Å². The van der Waals surface area contributed by atoms with Gasteiger partial charge in [-0.1, -0.05) is 36.4 Å². The molecule has 2 fully saturated rings. The Bertz CT molecular complexity index is 1070. The molecule has 33 heavy (non-hydrogen) atoms. The summed E-state index contributed by atoms with van der Waals surface area (Å²) in [5.41, 5.74) is 1.62. The highest BCUT2D eigenvalue weighted by Crippen LogP contribution is 2.25. The van der Waals surface area contributed by atoms with Crippen molar-refractivity contribution in [3.63, 3.8) is 0 Å². The molecule has 1 N–H and O–H groups in total. The number of morpholine rings is 1. The number of ether oxygens (including phenoxy) is 1. The Labute approximate surface area is 196 Å². The number of likely N-dealkylation sites (tertiary alicyclic amines) is 1. The van der Waals surface area contributed by atoms with Gasteiger partial charge in [-0.25, -0.2) is 8.42 Å². The molecule has 2 aliphatic rings. The number of amides is 1. The van der Waals surface area contributed by atoms with E-state index in [1.54, 1.807) is 18.2 Å². The van der Waals surface area contributed by atoms with E-state index in [4.69, 9.17) is 4.74 Å². The van der Waals surface area contributed by atoms with Crippen molar-refractivity contribution in [2.24, 2.45) is 0 Å². The third-order valence-electron chi connectivity index (χ3n) is 6.50. The minimum Gasteiger partial charge on any atom is -0.373 e. The lowest BCUT2D eigenvalue weighted by Gasteiger charge is -2.34. The van der Waals surface area contributed by atoms with Crippen LogP contribution in [0.3, 0.4) is 0 Å². The Morgan fingerprint density at radius 1 is 1.03 bits per heavy atom. The highest BCUT2D eigenvalue weighted by atomic mass is 32.2. The normalized spacial score (nSPS) is 25.6. The summed E-state index contributed by atoms with van der Waals surface area (Å²) in [6.45, 7) is 8.20. The minimum atomic E-state index is -3.70. The predicted molar refractivity (Wildman–Crippen MR) is 128 cm³/mol. The van der Waals surface area contributed by atoms with Crippen LogP contribution in [0.5, 0.6) is 0 Å². The van der Waals surface area contributed by atoms with Crippen molar-refractivity contribution in [1.29, 1.82) is 0 Å². The van der Waals surface area contributed by atoms with Crippen LogP contribution in [0.2, 0.25) is 0 Å². The molecular weight excluding hydrogens is 438 g/mol. The largest absolute Gasteiger partial charge is 0.373 e. The number of hydrogen-bond acceptors (Lipinski definition) is 5. The smallest absolute Gasteiger partial charge is 0.251 e. The summed E-state index contributed by atoms with van der Waals surface area (Å²) in [7, 11) is -3.70. The van der Waals surface area contributed by atoms with Crippen LogP contribution in [0.1, 0.15) is 49.2 Å². The molecule has 2 aromatic rings. The van der Waals surface area contributed by atoms with E-state index in [9.17, 15) is 13.2 Å². The van der Waals surface area contributed by atoms with Gasteiger partial charge in [-0.2, -0.15) is 4.31 Å². The lowest BCUT2D eigenvalue weighted by molar-refractivity contribution is -0.0440. The average molecular weight is 472 g/mol. The molecular formula is C25H33N3O4S. The summed E-state index contributed by atoms with van der Waals surface area (Å²) < 4.78 is 33.5. The lowest BCUT2D eigenvalue weighted by atomic mass is 10.1. The van der Waals surface area contributed by atoms with Gasteiger partial charge in [0.1, 0.15) is 0 Å². The first-order chi connectivity index (χ1) is 15.7. The summed E-state index contributed by atoms with van der Waals surface area (Å²) in [4.78, 5) is 15.5. The number of rotatable bonds is 6. The second-order valence-corrected chi connectivity index (χ2v) is 11.1. The Morgan fingerprint density at radius 2 is 1.73 bits per heavy atom. The minimum absolute atomic E-state index is 0.0323. The Hall–Kier alpha value is -2.26. The van der Waals surface area contributed by atoms with Gasteiger partial charge in [0.05, 0.1) is 17.1 Å². The van der Waals surface area contributed by atoms with Crippen molar-refractivity contribution in [1.82, 2.24) is 14.5 Å². The van der Waals surface area contributed by atoms with Crippen molar-refractivity contribution in [3.8, 4) is 0 Å². The van der Waals surface area contributed by atoms with Crippen LogP contribution >= 0.6 is 0 Å². The standard InChI is InChI=1S/C25H33N3O4S/c1-18-15-28(16-19(2)32-18)33(30,31)24-11-7-10-22(14-24)25(29)26-23-12-13-27(17-23)20(3)21-8-5-4-6-9-21/h4-11,14,18-20,23H,12-13,15-17H2,1-3H3,(H,26,29). The number of carbonyl (C=O) groups is 1. The maximum Gasteiger partial charge on any atom is 0.251 e. The fourth-order valence-electron chi connectivity index (χ4n) is 4.74. The molecule has 8 heteroatoms. The van der Waals surface area contributed by atoms with Gasteiger partial charge in [-0.15, -0.1) is 0 Å². The SMILES string of the molecule is CC1CN(S(=O)(=O)c2cccc(C(=O)NC3CCN(C(C)c4ccccc4)C3)c2)CC(C)O1. The van der Waals surface area contributed by atoms with E-state index in [1.807, 2.05) is 32.0 Å². The first-order valence-electron chi connectivity index (χ1n) is 11.6. The average Bonchev–Trinajstić information content (AvgIpc) is 3.27. The molecule has 1 amide bonds. The molecule has 0 aliphatic carbocycles. The zero-order chi connectivity index (χ0) is 23.6. The van der Waals surface area contributed by atoms with E-state index in [0.29, 0.717) is 18.7 Å². The first kappa shape index (κ1) is 23.9. The van der Waals surface area contributed by atoms with Gasteiger partial charge in [0.15, 0.2) is 0 Å². The zero-order valence-corrected chi connectivity index (χ0v) is 20.3. The molecule has 0 bridgehead atoms. The van der Waals surface area contributed by atoms with Crippen molar-refractivity contribution in [3.05, 3.63) is 65.7 Å². The van der Waals surface area contributed by atoms with Gasteiger partial charge in [-0.3, -0.25) is 9.69 Å². The number of hydrogen-bond donors (Lipinski definition) is 1. The third kappa shape index (κ3) is 5.46. The summed E-state index contributed by atoms with van der Waals surface area (Å²) in [5, 5.41) is 3.09. The summed E-state index contributed by atoms with van der Waals surface area (Å²) in [6, 6.07) is 17.0. The van der Waals surface area contributed by atoms with Crippen LogP contribution in [0.15, 0.2) is 59.5 Å². The number of nitrogens with zero attached hydrogens (tertiary/aromatic N) is 2. The van der Waals surface area contributed by atoms with E-state index in [0.717, 1.165) is 19.5 Å². The van der Waals surface area contributed by atoms with Crippen molar-refractivity contribution in [2.75, 3.05) is 26.2 Å². The van der Waals surface area contributed by atoms with E-state index < -0.39 is 10.0 Å². The van der Waals surface area contributed by atoms with E-state index in [1.165, 1.54) is 15.9 Å². The topological polar surface area (TPSA) is 79.0 Å². The Balaban J connectivity index is 1.41. The maximum absolute atomic E-state index is 13.2. The van der Waals surface area contributed by atoms with Crippen molar-refractivity contribution >= 4 is 15.9 Å². The fraction of sp³-hybridized carbons (Fsp3) is 0.480. The number of nitrogens with one attached hydrogen (secondary N) is 1. The molecule has 0 aromatic heterocycles. The number of sulfonamides is 1. The van der Waals surface area contributed by atoms with Crippen molar-refractivity contribution in [2.45, 2.75) is 56.4 Å². The van der Waals surface area contributed by atoms with Crippen molar-refractivity contribution < 1.29 is 17.9 Å². The molecule has 2 aliphatic heterocycles. The molecule has 0 radical (unpaired) electrons. The van der Waals surface area contributed by atoms with Gasteiger partial charge in [-0.05, 0) is 51.0 Å². The highest BCUT2D eigenvalue weighted by Gasteiger charge is 2.33. The highest BCUT2D eigenvalue weighted by molar-refractivity contribution is 7.89. The zero-order valence-electron chi connectivity index (χ0n) is 19.5. The Morgan fingerprint density at radius 3 is 2.42 bits per heavy atom. The van der Waals surface area contributed by atoms with E-state index in [-0.39, 0.29) is 35.1 Å². The van der Waals surface area contributed by atoms with Crippen LogP contribution in [-0.2, 0) is 14.8 Å².